The second kappa shape index (κ2) is 5.53. The standard InChI is InChI=1S/C10H11NOS.C2HF3O2/c12-10(8-2-1-3-13-8)9-6-4-11-5-7(6)9;3-2(4,5)1(6)7/h1-3,6-7,9,11H,4-5H2;(H,6,7)/t6-,7+,9?;. The summed E-state index contributed by atoms with van der Waals surface area (Å²) in [6.07, 6.45) is -5.08. The van der Waals surface area contributed by atoms with Crippen LogP contribution in [0, 0.1) is 17.8 Å². The molecule has 2 aliphatic rings. The van der Waals surface area contributed by atoms with Gasteiger partial charge in [0.25, 0.3) is 0 Å². The van der Waals surface area contributed by atoms with Crippen LogP contribution in [-0.2, 0) is 4.79 Å². The molecule has 0 amide bonds. The molecule has 1 aliphatic heterocycles. The van der Waals surface area contributed by atoms with Crippen LogP contribution in [0.4, 0.5) is 13.2 Å². The van der Waals surface area contributed by atoms with Gasteiger partial charge in [-0.3, -0.25) is 4.79 Å². The van der Waals surface area contributed by atoms with Crippen LogP contribution < -0.4 is 5.32 Å². The minimum absolute atomic E-state index is 0.347. The molecule has 3 atom stereocenters. The molecule has 4 nitrogen and oxygen atoms in total. The maximum Gasteiger partial charge on any atom is 0.490 e. The minimum Gasteiger partial charge on any atom is -0.475 e. The summed E-state index contributed by atoms with van der Waals surface area (Å²) in [5.41, 5.74) is 0. The number of Topliss-reactive ketones (excluding diaryl/α,β-unsaturated/α-hetero) is 1. The Morgan fingerprint density at radius 3 is 2.25 bits per heavy atom. The van der Waals surface area contributed by atoms with Crippen molar-refractivity contribution in [2.75, 3.05) is 13.1 Å². The van der Waals surface area contributed by atoms with Crippen molar-refractivity contribution in [3.8, 4) is 0 Å². The molecule has 20 heavy (non-hydrogen) atoms. The third-order valence-corrected chi connectivity index (χ3v) is 4.29. The Morgan fingerprint density at radius 2 is 1.85 bits per heavy atom. The van der Waals surface area contributed by atoms with Crippen molar-refractivity contribution in [2.45, 2.75) is 6.18 Å². The van der Waals surface area contributed by atoms with Crippen molar-refractivity contribution in [3.05, 3.63) is 22.4 Å². The van der Waals surface area contributed by atoms with E-state index in [-0.39, 0.29) is 0 Å². The van der Waals surface area contributed by atoms with Gasteiger partial charge in [-0.15, -0.1) is 11.3 Å². The number of rotatable bonds is 2. The summed E-state index contributed by atoms with van der Waals surface area (Å²) in [7, 11) is 0. The van der Waals surface area contributed by atoms with Gasteiger partial charge in [-0.2, -0.15) is 13.2 Å². The molecular weight excluding hydrogens is 295 g/mol. The van der Waals surface area contributed by atoms with E-state index in [1.165, 1.54) is 0 Å². The summed E-state index contributed by atoms with van der Waals surface area (Å²) >= 11 is 1.57. The zero-order valence-corrected chi connectivity index (χ0v) is 11.0. The highest BCUT2D eigenvalue weighted by Gasteiger charge is 2.56. The number of halogens is 3. The fourth-order valence-electron chi connectivity index (χ4n) is 2.39. The highest BCUT2D eigenvalue weighted by molar-refractivity contribution is 7.12. The molecule has 110 valence electrons. The smallest absolute Gasteiger partial charge is 0.475 e. The fraction of sp³-hybridized carbons (Fsp3) is 0.500. The molecule has 1 unspecified atom stereocenters. The Bertz CT molecular complexity index is 491. The van der Waals surface area contributed by atoms with Gasteiger partial charge in [-0.05, 0) is 36.4 Å². The number of aliphatic carboxylic acids is 1. The van der Waals surface area contributed by atoms with Gasteiger partial charge in [0.15, 0.2) is 5.78 Å². The number of ketones is 1. The highest BCUT2D eigenvalue weighted by Crippen LogP contribution is 2.50. The Labute approximate surface area is 116 Å². The number of carboxylic acid groups (broad SMARTS) is 1. The average Bonchev–Trinajstić information content (AvgIpc) is 2.81. The van der Waals surface area contributed by atoms with E-state index in [0.717, 1.165) is 18.0 Å². The Kier molecular flexibility index (Phi) is 4.14. The minimum atomic E-state index is -5.08. The van der Waals surface area contributed by atoms with E-state index in [2.05, 4.69) is 5.32 Å². The second-order valence-corrected chi connectivity index (χ2v) is 5.60. The van der Waals surface area contributed by atoms with Crippen LogP contribution in [-0.4, -0.2) is 36.1 Å². The summed E-state index contributed by atoms with van der Waals surface area (Å²) in [6, 6.07) is 3.89. The fourth-order valence-corrected chi connectivity index (χ4v) is 3.10. The summed E-state index contributed by atoms with van der Waals surface area (Å²) in [6.45, 7) is 2.10. The number of carboxylic acids is 1. The lowest BCUT2D eigenvalue weighted by Crippen LogP contribution is -2.21. The molecule has 1 saturated carbocycles. The third-order valence-electron chi connectivity index (χ3n) is 3.40. The largest absolute Gasteiger partial charge is 0.490 e. The van der Waals surface area contributed by atoms with E-state index in [0.29, 0.717) is 23.5 Å². The molecule has 0 aromatic carbocycles. The lowest BCUT2D eigenvalue weighted by molar-refractivity contribution is -0.192. The first-order chi connectivity index (χ1) is 9.32. The molecule has 2 fully saturated rings. The van der Waals surface area contributed by atoms with Gasteiger partial charge in [0.05, 0.1) is 4.88 Å². The van der Waals surface area contributed by atoms with Crippen LogP contribution in [0.3, 0.4) is 0 Å². The second-order valence-electron chi connectivity index (χ2n) is 4.66. The molecule has 0 radical (unpaired) electrons. The lowest BCUT2D eigenvalue weighted by atomic mass is 10.1. The van der Waals surface area contributed by atoms with E-state index in [1.807, 2.05) is 17.5 Å². The number of nitrogens with one attached hydrogen (secondary N) is 1. The highest BCUT2D eigenvalue weighted by atomic mass is 32.1. The Morgan fingerprint density at radius 1 is 1.30 bits per heavy atom. The van der Waals surface area contributed by atoms with Crippen LogP contribution >= 0.6 is 11.3 Å². The van der Waals surface area contributed by atoms with E-state index in [4.69, 9.17) is 9.90 Å². The number of alkyl halides is 3. The number of piperidine rings is 1. The van der Waals surface area contributed by atoms with Crippen molar-refractivity contribution in [2.24, 2.45) is 17.8 Å². The molecule has 0 bridgehead atoms. The number of thiophene rings is 1. The first-order valence-electron chi connectivity index (χ1n) is 5.91. The van der Waals surface area contributed by atoms with Gasteiger partial charge in [0, 0.05) is 5.92 Å². The SMILES string of the molecule is O=C(O)C(F)(F)F.O=C(c1cccs1)C1[C@H]2CNC[C@@H]12. The van der Waals surface area contributed by atoms with E-state index in [9.17, 15) is 18.0 Å². The van der Waals surface area contributed by atoms with Gasteiger partial charge in [0.2, 0.25) is 0 Å². The Hall–Kier alpha value is -1.41. The molecule has 1 saturated heterocycles. The summed E-state index contributed by atoms with van der Waals surface area (Å²) in [4.78, 5) is 21.7. The predicted molar refractivity (Wildman–Crippen MR) is 65.7 cm³/mol. The van der Waals surface area contributed by atoms with Crippen molar-refractivity contribution in [3.63, 3.8) is 0 Å². The normalized spacial score (nSPS) is 27.2. The van der Waals surface area contributed by atoms with Gasteiger partial charge in [-0.1, -0.05) is 6.07 Å². The van der Waals surface area contributed by atoms with Crippen LogP contribution in [0.5, 0.6) is 0 Å². The number of fused-ring (bicyclic) bond motifs is 1. The van der Waals surface area contributed by atoms with Crippen molar-refractivity contribution in [1.82, 2.24) is 5.32 Å². The molecule has 2 N–H and O–H groups in total. The van der Waals surface area contributed by atoms with Gasteiger partial charge in [-0.25, -0.2) is 4.79 Å². The van der Waals surface area contributed by atoms with E-state index >= 15 is 0 Å². The van der Waals surface area contributed by atoms with Gasteiger partial charge < -0.3 is 10.4 Å². The molecule has 8 heteroatoms. The average molecular weight is 307 g/mol. The summed E-state index contributed by atoms with van der Waals surface area (Å²) in [5.74, 6) is -0.733. The molecule has 0 spiro atoms. The van der Waals surface area contributed by atoms with Crippen molar-refractivity contribution < 1.29 is 27.9 Å². The van der Waals surface area contributed by atoms with Gasteiger partial charge >= 0.3 is 12.1 Å². The lowest BCUT2D eigenvalue weighted by Gasteiger charge is -2.00. The molecule has 2 heterocycles. The first-order valence-corrected chi connectivity index (χ1v) is 6.79. The monoisotopic (exact) mass is 307 g/mol. The zero-order chi connectivity index (χ0) is 14.9. The van der Waals surface area contributed by atoms with Gasteiger partial charge in [0.1, 0.15) is 0 Å². The maximum absolute atomic E-state index is 11.9. The van der Waals surface area contributed by atoms with Crippen LogP contribution in [0.15, 0.2) is 17.5 Å². The molecule has 1 aromatic rings. The number of hydrogen-bond acceptors (Lipinski definition) is 4. The van der Waals surface area contributed by atoms with Crippen LogP contribution in [0.2, 0.25) is 0 Å². The van der Waals surface area contributed by atoms with Crippen molar-refractivity contribution in [1.29, 1.82) is 0 Å². The topological polar surface area (TPSA) is 66.4 Å². The molecule has 1 aromatic heterocycles. The molecular formula is C12H12F3NO3S. The van der Waals surface area contributed by atoms with Crippen LogP contribution in [0.1, 0.15) is 9.67 Å². The predicted octanol–water partition coefficient (Wildman–Crippen LogP) is 2.03. The molecule has 3 rings (SSSR count). The van der Waals surface area contributed by atoms with Crippen molar-refractivity contribution >= 4 is 23.1 Å². The maximum atomic E-state index is 11.9. The van der Waals surface area contributed by atoms with E-state index < -0.39 is 12.1 Å². The quantitative estimate of drug-likeness (QED) is 0.821. The number of carbonyl (C=O) groups excluding carboxylic acids is 1. The van der Waals surface area contributed by atoms with Crippen LogP contribution in [0.25, 0.3) is 0 Å². The summed E-state index contributed by atoms with van der Waals surface area (Å²) < 4.78 is 31.7. The van der Waals surface area contributed by atoms with E-state index in [1.54, 1.807) is 11.3 Å². The number of carbonyl (C=O) groups is 2. The Balaban J connectivity index is 0.000000182. The summed E-state index contributed by atoms with van der Waals surface area (Å²) in [5, 5.41) is 12.4. The molecule has 1 aliphatic carbocycles. The number of hydrogen-bond donors (Lipinski definition) is 2. The zero-order valence-electron chi connectivity index (χ0n) is 10.2. The first kappa shape index (κ1) is 15.0. The third kappa shape index (κ3) is 3.18.